The molecule has 25 heavy (non-hydrogen) atoms. The fourth-order valence-electron chi connectivity index (χ4n) is 2.39. The number of phenols is 1. The first-order valence-corrected chi connectivity index (χ1v) is 8.89. The number of ether oxygens (including phenoxy) is 1. The SMILES string of the molecule is COc1ccc(S(=O)(=O)NN=Cc2c(O)ccc3ccccc23)cc1. The molecule has 0 aromatic heterocycles. The molecule has 3 aromatic carbocycles. The van der Waals surface area contributed by atoms with E-state index in [9.17, 15) is 13.5 Å². The number of nitrogens with zero attached hydrogens (tertiary/aromatic N) is 1. The summed E-state index contributed by atoms with van der Waals surface area (Å²) < 4.78 is 29.5. The lowest BCUT2D eigenvalue weighted by Crippen LogP contribution is -2.18. The molecule has 0 saturated heterocycles. The van der Waals surface area contributed by atoms with Crippen molar-refractivity contribution in [3.8, 4) is 11.5 Å². The first-order chi connectivity index (χ1) is 12.0. The molecule has 3 rings (SSSR count). The fourth-order valence-corrected chi connectivity index (χ4v) is 3.18. The van der Waals surface area contributed by atoms with E-state index in [-0.39, 0.29) is 10.6 Å². The molecule has 0 heterocycles. The number of fused-ring (bicyclic) bond motifs is 1. The van der Waals surface area contributed by atoms with E-state index >= 15 is 0 Å². The van der Waals surface area contributed by atoms with Crippen LogP contribution in [0.15, 0.2) is 70.7 Å². The molecule has 0 bridgehead atoms. The van der Waals surface area contributed by atoms with Gasteiger partial charge < -0.3 is 9.84 Å². The van der Waals surface area contributed by atoms with Gasteiger partial charge >= 0.3 is 0 Å². The summed E-state index contributed by atoms with van der Waals surface area (Å²) in [5.74, 6) is 0.578. The molecule has 3 aromatic rings. The van der Waals surface area contributed by atoms with Crippen LogP contribution < -0.4 is 9.57 Å². The van der Waals surface area contributed by atoms with Crippen molar-refractivity contribution in [2.75, 3.05) is 7.11 Å². The molecule has 0 fully saturated rings. The molecule has 128 valence electrons. The van der Waals surface area contributed by atoms with Crippen molar-refractivity contribution in [2.45, 2.75) is 4.90 Å². The Morgan fingerprint density at radius 3 is 2.48 bits per heavy atom. The smallest absolute Gasteiger partial charge is 0.276 e. The summed E-state index contributed by atoms with van der Waals surface area (Å²) in [7, 11) is -2.30. The van der Waals surface area contributed by atoms with E-state index in [0.717, 1.165) is 10.8 Å². The lowest BCUT2D eigenvalue weighted by molar-refractivity contribution is 0.414. The number of nitrogens with one attached hydrogen (secondary N) is 1. The second-order valence-corrected chi connectivity index (χ2v) is 6.91. The summed E-state index contributed by atoms with van der Waals surface area (Å²) in [5, 5.41) is 15.5. The van der Waals surface area contributed by atoms with Crippen molar-refractivity contribution >= 4 is 27.0 Å². The van der Waals surface area contributed by atoms with Crippen LogP contribution in [0.3, 0.4) is 0 Å². The molecule has 0 spiro atoms. The number of methoxy groups -OCH3 is 1. The molecule has 2 N–H and O–H groups in total. The molecule has 6 nitrogen and oxygen atoms in total. The van der Waals surface area contributed by atoms with E-state index in [0.29, 0.717) is 11.3 Å². The number of aromatic hydroxyl groups is 1. The predicted octanol–water partition coefficient (Wildman–Crippen LogP) is 2.87. The number of hydrogen-bond acceptors (Lipinski definition) is 5. The summed E-state index contributed by atoms with van der Waals surface area (Å²) in [5.41, 5.74) is 0.440. The van der Waals surface area contributed by atoms with Gasteiger partial charge in [0.1, 0.15) is 11.5 Å². The minimum atomic E-state index is -3.81. The van der Waals surface area contributed by atoms with Crippen LogP contribution in [-0.4, -0.2) is 26.8 Å². The van der Waals surface area contributed by atoms with Gasteiger partial charge in [0.15, 0.2) is 0 Å². The van der Waals surface area contributed by atoms with Crippen LogP contribution in [0.25, 0.3) is 10.8 Å². The lowest BCUT2D eigenvalue weighted by atomic mass is 10.0. The Bertz CT molecular complexity index is 1030. The summed E-state index contributed by atoms with van der Waals surface area (Å²) in [6.45, 7) is 0. The fraction of sp³-hybridized carbons (Fsp3) is 0.0556. The number of sulfonamides is 1. The van der Waals surface area contributed by atoms with E-state index in [2.05, 4.69) is 9.93 Å². The number of hydrazone groups is 1. The molecular weight excluding hydrogens is 340 g/mol. The number of phenolic OH excluding ortho intramolecular Hbond substituents is 1. The molecule has 7 heteroatoms. The average molecular weight is 356 g/mol. The van der Waals surface area contributed by atoms with Crippen molar-refractivity contribution in [1.82, 2.24) is 4.83 Å². The van der Waals surface area contributed by atoms with E-state index in [1.165, 1.54) is 25.5 Å². The molecule has 0 aliphatic heterocycles. The van der Waals surface area contributed by atoms with E-state index in [4.69, 9.17) is 4.74 Å². The highest BCUT2D eigenvalue weighted by Gasteiger charge is 2.13. The maximum absolute atomic E-state index is 12.2. The quantitative estimate of drug-likeness (QED) is 0.543. The molecular formula is C18H16N2O4S. The molecule has 0 aliphatic carbocycles. The van der Waals surface area contributed by atoms with Crippen LogP contribution in [0.1, 0.15) is 5.56 Å². The third-order valence-electron chi connectivity index (χ3n) is 3.68. The maximum Gasteiger partial charge on any atom is 0.276 e. The Morgan fingerprint density at radius 1 is 1.04 bits per heavy atom. The largest absolute Gasteiger partial charge is 0.507 e. The molecule has 0 saturated carbocycles. The maximum atomic E-state index is 12.2. The van der Waals surface area contributed by atoms with Gasteiger partial charge in [0.25, 0.3) is 10.0 Å². The predicted molar refractivity (Wildman–Crippen MR) is 96.5 cm³/mol. The Morgan fingerprint density at radius 2 is 1.76 bits per heavy atom. The first-order valence-electron chi connectivity index (χ1n) is 7.41. The van der Waals surface area contributed by atoms with Crippen LogP contribution >= 0.6 is 0 Å². The second-order valence-electron chi connectivity index (χ2n) is 5.25. The van der Waals surface area contributed by atoms with E-state index < -0.39 is 10.0 Å². The highest BCUT2D eigenvalue weighted by molar-refractivity contribution is 7.89. The van der Waals surface area contributed by atoms with Crippen LogP contribution in [0.2, 0.25) is 0 Å². The van der Waals surface area contributed by atoms with E-state index in [1.54, 1.807) is 24.3 Å². The monoisotopic (exact) mass is 356 g/mol. The number of benzene rings is 3. The first kappa shape index (κ1) is 16.8. The zero-order chi connectivity index (χ0) is 17.9. The van der Waals surface area contributed by atoms with Crippen LogP contribution in [0, 0.1) is 0 Å². The van der Waals surface area contributed by atoms with Gasteiger partial charge in [-0.1, -0.05) is 30.3 Å². The van der Waals surface area contributed by atoms with Crippen LogP contribution in [0.4, 0.5) is 0 Å². The van der Waals surface area contributed by atoms with Crippen molar-refractivity contribution in [2.24, 2.45) is 5.10 Å². The number of rotatable bonds is 5. The van der Waals surface area contributed by atoms with Crippen molar-refractivity contribution in [1.29, 1.82) is 0 Å². The Balaban J connectivity index is 1.86. The molecule has 0 amide bonds. The standard InChI is InChI=1S/C18H16N2O4S/c1-24-14-7-9-15(10-8-14)25(22,23)20-19-12-17-16-5-3-2-4-13(16)6-11-18(17)21/h2-12,20-21H,1H3. The molecule has 0 radical (unpaired) electrons. The third-order valence-corrected chi connectivity index (χ3v) is 4.92. The number of hydrogen-bond donors (Lipinski definition) is 2. The highest BCUT2D eigenvalue weighted by atomic mass is 32.2. The Kier molecular flexibility index (Phi) is 4.58. The van der Waals surface area contributed by atoms with Crippen LogP contribution in [0.5, 0.6) is 11.5 Å². The average Bonchev–Trinajstić information content (AvgIpc) is 2.63. The molecule has 0 aliphatic rings. The summed E-state index contributed by atoms with van der Waals surface area (Å²) in [4.78, 5) is 2.21. The topological polar surface area (TPSA) is 88.0 Å². The Hall–Kier alpha value is -3.06. The summed E-state index contributed by atoms with van der Waals surface area (Å²) in [6.07, 6.45) is 1.29. The van der Waals surface area contributed by atoms with E-state index in [1.807, 2.05) is 24.3 Å². The Labute approximate surface area is 145 Å². The summed E-state index contributed by atoms with van der Waals surface area (Å²) >= 11 is 0. The van der Waals surface area contributed by atoms with Gasteiger partial charge in [-0.2, -0.15) is 13.5 Å². The summed E-state index contributed by atoms with van der Waals surface area (Å²) in [6, 6.07) is 16.7. The van der Waals surface area contributed by atoms with Gasteiger partial charge in [0.05, 0.1) is 18.2 Å². The van der Waals surface area contributed by atoms with Gasteiger partial charge in [-0.3, -0.25) is 0 Å². The zero-order valence-corrected chi connectivity index (χ0v) is 14.2. The minimum absolute atomic E-state index is 0.0195. The molecule has 0 unspecified atom stereocenters. The second kappa shape index (κ2) is 6.82. The van der Waals surface area contributed by atoms with Crippen LogP contribution in [-0.2, 0) is 10.0 Å². The molecule has 0 atom stereocenters. The van der Waals surface area contributed by atoms with Crippen molar-refractivity contribution in [3.63, 3.8) is 0 Å². The van der Waals surface area contributed by atoms with Crippen molar-refractivity contribution < 1.29 is 18.3 Å². The lowest BCUT2D eigenvalue weighted by Gasteiger charge is -2.06. The third kappa shape index (κ3) is 3.56. The van der Waals surface area contributed by atoms with Crippen molar-refractivity contribution in [3.05, 3.63) is 66.2 Å². The van der Waals surface area contributed by atoms with Gasteiger partial charge in [0, 0.05) is 5.56 Å². The van der Waals surface area contributed by atoms with Gasteiger partial charge in [-0.25, -0.2) is 4.83 Å². The normalized spacial score (nSPS) is 11.7. The van der Waals surface area contributed by atoms with Gasteiger partial charge in [-0.15, -0.1) is 0 Å². The van der Waals surface area contributed by atoms with Gasteiger partial charge in [-0.05, 0) is 41.1 Å². The zero-order valence-electron chi connectivity index (χ0n) is 13.4. The van der Waals surface area contributed by atoms with Gasteiger partial charge in [0.2, 0.25) is 0 Å². The highest BCUT2D eigenvalue weighted by Crippen LogP contribution is 2.25. The minimum Gasteiger partial charge on any atom is -0.507 e.